The lowest BCUT2D eigenvalue weighted by Crippen LogP contribution is -2.39. The average Bonchev–Trinajstić information content (AvgIpc) is 3.03. The summed E-state index contributed by atoms with van der Waals surface area (Å²) in [4.78, 5) is 27.3. The van der Waals surface area contributed by atoms with Gasteiger partial charge in [-0.05, 0) is 31.4 Å². The van der Waals surface area contributed by atoms with Crippen molar-refractivity contribution < 1.29 is 9.59 Å². The van der Waals surface area contributed by atoms with Crippen LogP contribution in [0.1, 0.15) is 37.7 Å². The highest BCUT2D eigenvalue weighted by atomic mass is 32.2. The number of benzene rings is 1. The van der Waals surface area contributed by atoms with Crippen molar-refractivity contribution in [1.82, 2.24) is 4.90 Å². The van der Waals surface area contributed by atoms with Crippen LogP contribution in [0.3, 0.4) is 0 Å². The van der Waals surface area contributed by atoms with Gasteiger partial charge in [0.1, 0.15) is 5.78 Å². The van der Waals surface area contributed by atoms with Gasteiger partial charge in [0.2, 0.25) is 5.91 Å². The molecular formula is C16H19NO2S. The van der Waals surface area contributed by atoms with Crippen molar-refractivity contribution in [3.05, 3.63) is 29.8 Å². The first-order valence-corrected chi connectivity index (χ1v) is 8.17. The molecule has 0 bridgehead atoms. The second-order valence-electron chi connectivity index (χ2n) is 5.64. The number of amides is 1. The number of carbonyl (C=O) groups is 2. The fourth-order valence-electron chi connectivity index (χ4n) is 3.24. The number of Topliss-reactive ketones (excluding diaryl/α,β-unsaturated/α-hetero) is 1. The Kier molecular flexibility index (Phi) is 3.83. The van der Waals surface area contributed by atoms with Crippen LogP contribution < -0.4 is 0 Å². The monoisotopic (exact) mass is 289 g/mol. The summed E-state index contributed by atoms with van der Waals surface area (Å²) in [5.74, 6) is 1.20. The van der Waals surface area contributed by atoms with E-state index in [0.29, 0.717) is 6.42 Å². The summed E-state index contributed by atoms with van der Waals surface area (Å²) in [7, 11) is 0. The van der Waals surface area contributed by atoms with Gasteiger partial charge >= 0.3 is 0 Å². The van der Waals surface area contributed by atoms with Crippen molar-refractivity contribution in [2.45, 2.75) is 43.0 Å². The summed E-state index contributed by atoms with van der Waals surface area (Å²) < 4.78 is 0. The summed E-state index contributed by atoms with van der Waals surface area (Å²) in [5, 5.41) is 0. The van der Waals surface area contributed by atoms with E-state index >= 15 is 0 Å². The van der Waals surface area contributed by atoms with Crippen LogP contribution in [-0.4, -0.2) is 34.9 Å². The molecule has 0 aliphatic carbocycles. The second-order valence-corrected chi connectivity index (χ2v) is 6.70. The first-order chi connectivity index (χ1) is 9.66. The minimum Gasteiger partial charge on any atom is -0.339 e. The number of carbonyl (C=O) groups excluding carboxylic acids is 2. The van der Waals surface area contributed by atoms with Gasteiger partial charge in [-0.2, -0.15) is 0 Å². The summed E-state index contributed by atoms with van der Waals surface area (Å²) in [6.45, 7) is 2.42. The lowest BCUT2D eigenvalue weighted by molar-refractivity contribution is -0.133. The Morgan fingerprint density at radius 1 is 1.35 bits per heavy atom. The Morgan fingerprint density at radius 3 is 2.95 bits per heavy atom. The van der Waals surface area contributed by atoms with E-state index in [-0.39, 0.29) is 23.7 Å². The van der Waals surface area contributed by atoms with E-state index in [1.807, 2.05) is 17.0 Å². The van der Waals surface area contributed by atoms with Crippen molar-refractivity contribution in [2.75, 3.05) is 12.3 Å². The molecule has 0 spiro atoms. The first kappa shape index (κ1) is 13.7. The van der Waals surface area contributed by atoms with Crippen LogP contribution in [0.15, 0.2) is 29.2 Å². The van der Waals surface area contributed by atoms with E-state index < -0.39 is 0 Å². The maximum absolute atomic E-state index is 12.8. The lowest BCUT2D eigenvalue weighted by Gasteiger charge is -2.27. The summed E-state index contributed by atoms with van der Waals surface area (Å²) in [6.07, 6.45) is 2.49. The third kappa shape index (κ3) is 2.49. The molecule has 2 heterocycles. The number of hydrogen-bond acceptors (Lipinski definition) is 3. The van der Waals surface area contributed by atoms with Crippen LogP contribution >= 0.6 is 11.8 Å². The van der Waals surface area contributed by atoms with E-state index in [2.05, 4.69) is 12.1 Å². The van der Waals surface area contributed by atoms with Gasteiger partial charge in [0.25, 0.3) is 0 Å². The van der Waals surface area contributed by atoms with Crippen LogP contribution in [0.4, 0.5) is 0 Å². The quantitative estimate of drug-likeness (QED) is 0.858. The van der Waals surface area contributed by atoms with Crippen LogP contribution in [0.25, 0.3) is 0 Å². The molecule has 2 atom stereocenters. The van der Waals surface area contributed by atoms with Crippen molar-refractivity contribution >= 4 is 23.5 Å². The van der Waals surface area contributed by atoms with Crippen molar-refractivity contribution in [3.8, 4) is 0 Å². The Morgan fingerprint density at radius 2 is 2.15 bits per heavy atom. The van der Waals surface area contributed by atoms with Crippen molar-refractivity contribution in [2.24, 2.45) is 0 Å². The molecule has 20 heavy (non-hydrogen) atoms. The third-order valence-electron chi connectivity index (χ3n) is 4.18. The van der Waals surface area contributed by atoms with Crippen molar-refractivity contribution in [3.63, 3.8) is 0 Å². The van der Waals surface area contributed by atoms with Gasteiger partial charge in [-0.3, -0.25) is 9.59 Å². The smallest absolute Gasteiger partial charge is 0.231 e. The lowest BCUT2D eigenvalue weighted by atomic mass is 9.99. The van der Waals surface area contributed by atoms with Crippen LogP contribution in [0.5, 0.6) is 0 Å². The highest BCUT2D eigenvalue weighted by Gasteiger charge is 2.37. The molecule has 106 valence electrons. The maximum atomic E-state index is 12.8. The molecule has 0 N–H and O–H groups in total. The molecule has 1 saturated heterocycles. The predicted molar refractivity (Wildman–Crippen MR) is 79.9 cm³/mol. The molecule has 2 aliphatic rings. The van der Waals surface area contributed by atoms with Crippen LogP contribution in [-0.2, 0) is 9.59 Å². The number of likely N-dealkylation sites (tertiary alicyclic amines) is 1. The van der Waals surface area contributed by atoms with Gasteiger partial charge in [-0.25, -0.2) is 0 Å². The normalized spacial score (nSPS) is 24.8. The van der Waals surface area contributed by atoms with Gasteiger partial charge in [0.05, 0.1) is 5.92 Å². The fraction of sp³-hybridized carbons (Fsp3) is 0.500. The SMILES string of the molecule is CC(=O)CC1CCCN1C(=O)C1CSc2ccccc21. The molecule has 0 saturated carbocycles. The number of hydrogen-bond donors (Lipinski definition) is 0. The molecule has 0 aromatic heterocycles. The maximum Gasteiger partial charge on any atom is 0.231 e. The number of thioether (sulfide) groups is 1. The zero-order valence-electron chi connectivity index (χ0n) is 11.7. The van der Waals surface area contributed by atoms with Crippen molar-refractivity contribution in [1.29, 1.82) is 0 Å². The highest BCUT2D eigenvalue weighted by Crippen LogP contribution is 2.41. The van der Waals surface area contributed by atoms with E-state index in [0.717, 1.165) is 30.7 Å². The molecule has 1 aromatic carbocycles. The zero-order chi connectivity index (χ0) is 14.1. The topological polar surface area (TPSA) is 37.4 Å². The van der Waals surface area contributed by atoms with Gasteiger partial charge < -0.3 is 4.90 Å². The van der Waals surface area contributed by atoms with E-state index in [9.17, 15) is 9.59 Å². The van der Waals surface area contributed by atoms with Gasteiger partial charge in [-0.15, -0.1) is 11.8 Å². The minimum atomic E-state index is -0.0243. The second kappa shape index (κ2) is 5.60. The molecular weight excluding hydrogens is 270 g/mol. The predicted octanol–water partition coefficient (Wildman–Crippen LogP) is 2.85. The summed E-state index contributed by atoms with van der Waals surface area (Å²) >= 11 is 1.76. The first-order valence-electron chi connectivity index (χ1n) is 7.18. The number of fused-ring (bicyclic) bond motifs is 1. The number of nitrogens with zero attached hydrogens (tertiary/aromatic N) is 1. The number of rotatable bonds is 3. The molecule has 3 nitrogen and oxygen atoms in total. The zero-order valence-corrected chi connectivity index (χ0v) is 12.5. The van der Waals surface area contributed by atoms with Gasteiger partial charge in [0.15, 0.2) is 0 Å². The van der Waals surface area contributed by atoms with Gasteiger partial charge in [-0.1, -0.05) is 18.2 Å². The molecule has 1 amide bonds. The van der Waals surface area contributed by atoms with Gasteiger partial charge in [0, 0.05) is 29.7 Å². The van der Waals surface area contributed by atoms with E-state index in [4.69, 9.17) is 0 Å². The number of ketones is 1. The fourth-order valence-corrected chi connectivity index (χ4v) is 4.46. The Bertz CT molecular complexity index is 543. The Balaban J connectivity index is 1.78. The molecule has 1 fully saturated rings. The molecule has 2 unspecified atom stereocenters. The largest absolute Gasteiger partial charge is 0.339 e. The summed E-state index contributed by atoms with van der Waals surface area (Å²) in [5.41, 5.74) is 1.16. The Labute approximate surface area is 123 Å². The molecule has 2 aliphatic heterocycles. The van der Waals surface area contributed by atoms with Crippen LogP contribution in [0, 0.1) is 0 Å². The summed E-state index contributed by atoms with van der Waals surface area (Å²) in [6, 6.07) is 8.30. The molecule has 4 heteroatoms. The molecule has 1 aromatic rings. The molecule has 3 rings (SSSR count). The highest BCUT2D eigenvalue weighted by molar-refractivity contribution is 7.99. The standard InChI is InChI=1S/C16H19NO2S/c1-11(18)9-12-5-4-8-17(12)16(19)14-10-20-15-7-3-2-6-13(14)15/h2-3,6-7,12,14H,4-5,8-10H2,1H3. The van der Waals surface area contributed by atoms with Crippen LogP contribution in [0.2, 0.25) is 0 Å². The average molecular weight is 289 g/mol. The minimum absolute atomic E-state index is 0.0243. The third-order valence-corrected chi connectivity index (χ3v) is 5.36. The van der Waals surface area contributed by atoms with E-state index in [1.165, 1.54) is 4.90 Å². The van der Waals surface area contributed by atoms with E-state index in [1.54, 1.807) is 18.7 Å². The molecule has 0 radical (unpaired) electrons. The Hall–Kier alpha value is -1.29.